The molecule has 2 heterocycles. The normalized spacial score (nSPS) is 10.5. The number of hydrogen-bond donors (Lipinski definition) is 1. The number of aromatic nitrogens is 1. The quantitative estimate of drug-likeness (QED) is 0.925. The van der Waals surface area contributed by atoms with Crippen molar-refractivity contribution in [1.82, 2.24) is 4.37 Å². The molecule has 0 aromatic carbocycles. The zero-order valence-electron chi connectivity index (χ0n) is 10.0. The molecule has 0 saturated carbocycles. The Labute approximate surface area is 120 Å². The fourth-order valence-electron chi connectivity index (χ4n) is 1.55. The third kappa shape index (κ3) is 2.41. The van der Waals surface area contributed by atoms with Gasteiger partial charge in [0.25, 0.3) is 5.91 Å². The van der Waals surface area contributed by atoms with E-state index >= 15 is 0 Å². The van der Waals surface area contributed by atoms with E-state index in [1.165, 1.54) is 24.3 Å². The minimum atomic E-state index is -1.10. The SMILES string of the molecule is Cc1nsc(N(C)C(=O)c2ccoc2Br)c1C(=O)O. The Morgan fingerprint density at radius 3 is 2.74 bits per heavy atom. The van der Waals surface area contributed by atoms with Crippen LogP contribution in [0.25, 0.3) is 0 Å². The number of amides is 1. The van der Waals surface area contributed by atoms with E-state index in [1.807, 2.05) is 0 Å². The molecule has 8 heteroatoms. The smallest absolute Gasteiger partial charge is 0.340 e. The molecule has 2 rings (SSSR count). The summed E-state index contributed by atoms with van der Waals surface area (Å²) in [4.78, 5) is 24.7. The molecule has 0 fully saturated rings. The molecular weight excluding hydrogens is 336 g/mol. The lowest BCUT2D eigenvalue weighted by molar-refractivity contribution is 0.0697. The van der Waals surface area contributed by atoms with Gasteiger partial charge in [0.2, 0.25) is 0 Å². The zero-order chi connectivity index (χ0) is 14.2. The number of nitrogens with zero attached hydrogens (tertiary/aromatic N) is 2. The van der Waals surface area contributed by atoms with E-state index < -0.39 is 5.97 Å². The minimum Gasteiger partial charge on any atom is -0.478 e. The third-order valence-electron chi connectivity index (χ3n) is 2.52. The molecule has 19 heavy (non-hydrogen) atoms. The highest BCUT2D eigenvalue weighted by Crippen LogP contribution is 2.30. The molecule has 1 amide bonds. The average Bonchev–Trinajstić information content (AvgIpc) is 2.93. The number of carboxylic acid groups (broad SMARTS) is 1. The molecule has 0 aliphatic heterocycles. The maximum atomic E-state index is 12.2. The van der Waals surface area contributed by atoms with E-state index in [9.17, 15) is 9.59 Å². The molecule has 0 bridgehead atoms. The summed E-state index contributed by atoms with van der Waals surface area (Å²) < 4.78 is 9.28. The van der Waals surface area contributed by atoms with Gasteiger partial charge in [-0.2, -0.15) is 4.37 Å². The van der Waals surface area contributed by atoms with Crippen molar-refractivity contribution in [2.24, 2.45) is 0 Å². The van der Waals surface area contributed by atoms with Crippen LogP contribution in [0.3, 0.4) is 0 Å². The van der Waals surface area contributed by atoms with Crippen molar-refractivity contribution >= 4 is 44.3 Å². The second-order valence-electron chi connectivity index (χ2n) is 3.73. The lowest BCUT2D eigenvalue weighted by Gasteiger charge is -2.14. The van der Waals surface area contributed by atoms with Gasteiger partial charge < -0.3 is 14.4 Å². The van der Waals surface area contributed by atoms with Gasteiger partial charge in [-0.15, -0.1) is 0 Å². The summed E-state index contributed by atoms with van der Waals surface area (Å²) >= 11 is 4.09. The summed E-state index contributed by atoms with van der Waals surface area (Å²) in [6.45, 7) is 1.59. The van der Waals surface area contributed by atoms with E-state index in [0.717, 1.165) is 11.5 Å². The fraction of sp³-hybridized carbons (Fsp3) is 0.182. The van der Waals surface area contributed by atoms with Crippen LogP contribution < -0.4 is 4.90 Å². The number of anilines is 1. The van der Waals surface area contributed by atoms with Crippen LogP contribution in [-0.4, -0.2) is 28.4 Å². The molecule has 6 nitrogen and oxygen atoms in total. The number of furan rings is 1. The second-order valence-corrected chi connectivity index (χ2v) is 5.20. The fourth-order valence-corrected chi connectivity index (χ4v) is 2.81. The van der Waals surface area contributed by atoms with Gasteiger partial charge in [-0.1, -0.05) is 0 Å². The largest absolute Gasteiger partial charge is 0.478 e. The topological polar surface area (TPSA) is 83.6 Å². The number of halogens is 1. The second kappa shape index (κ2) is 5.14. The average molecular weight is 345 g/mol. The van der Waals surface area contributed by atoms with Gasteiger partial charge in [0.1, 0.15) is 10.6 Å². The van der Waals surface area contributed by atoms with Crippen LogP contribution in [0, 0.1) is 6.92 Å². The maximum absolute atomic E-state index is 12.2. The highest BCUT2D eigenvalue weighted by atomic mass is 79.9. The first-order valence-electron chi connectivity index (χ1n) is 5.14. The van der Waals surface area contributed by atoms with E-state index in [4.69, 9.17) is 9.52 Å². The number of carbonyl (C=O) groups excluding carboxylic acids is 1. The van der Waals surface area contributed by atoms with Gasteiger partial charge >= 0.3 is 5.97 Å². The van der Waals surface area contributed by atoms with Crippen LogP contribution >= 0.6 is 27.5 Å². The van der Waals surface area contributed by atoms with Crippen molar-refractivity contribution in [3.05, 3.63) is 33.8 Å². The number of carbonyl (C=O) groups is 2. The molecule has 0 unspecified atom stereocenters. The van der Waals surface area contributed by atoms with E-state index in [1.54, 1.807) is 6.92 Å². The summed E-state index contributed by atoms with van der Waals surface area (Å²) in [5.41, 5.74) is 0.753. The first kappa shape index (κ1) is 13.8. The summed E-state index contributed by atoms with van der Waals surface area (Å²) in [6.07, 6.45) is 1.38. The minimum absolute atomic E-state index is 0.0421. The lowest BCUT2D eigenvalue weighted by Crippen LogP contribution is -2.26. The molecule has 0 spiro atoms. The van der Waals surface area contributed by atoms with Gasteiger partial charge in [-0.05, 0) is 40.5 Å². The zero-order valence-corrected chi connectivity index (χ0v) is 12.4. The van der Waals surface area contributed by atoms with Crippen molar-refractivity contribution in [3.63, 3.8) is 0 Å². The highest BCUT2D eigenvalue weighted by molar-refractivity contribution is 9.10. The molecule has 0 saturated heterocycles. The Balaban J connectivity index is 2.40. The molecule has 0 aliphatic carbocycles. The van der Waals surface area contributed by atoms with Crippen LogP contribution in [0.1, 0.15) is 26.4 Å². The summed E-state index contributed by atoms with van der Waals surface area (Å²) in [7, 11) is 1.50. The Kier molecular flexibility index (Phi) is 3.72. The van der Waals surface area contributed by atoms with Crippen molar-refractivity contribution in [1.29, 1.82) is 0 Å². The first-order valence-corrected chi connectivity index (χ1v) is 6.70. The number of aromatic carboxylic acids is 1. The summed E-state index contributed by atoms with van der Waals surface area (Å²) in [6, 6.07) is 1.51. The van der Waals surface area contributed by atoms with E-state index in [0.29, 0.717) is 20.9 Å². The van der Waals surface area contributed by atoms with Crippen molar-refractivity contribution < 1.29 is 19.1 Å². The van der Waals surface area contributed by atoms with Crippen molar-refractivity contribution in [3.8, 4) is 0 Å². The van der Waals surface area contributed by atoms with Crippen LogP contribution in [-0.2, 0) is 0 Å². The Bertz CT molecular complexity index is 649. The standard InChI is InChI=1S/C11H9BrN2O4S/c1-5-7(11(16)17)10(19-13-5)14(2)9(15)6-3-4-18-8(6)12/h3-4H,1-2H3,(H,16,17). The van der Waals surface area contributed by atoms with Crippen LogP contribution in [0.2, 0.25) is 0 Å². The number of aryl methyl sites for hydroxylation is 1. The number of carboxylic acids is 1. The van der Waals surface area contributed by atoms with E-state index in [2.05, 4.69) is 20.3 Å². The number of hydrogen-bond acceptors (Lipinski definition) is 5. The molecule has 2 aromatic heterocycles. The predicted octanol–water partition coefficient (Wildman–Crippen LogP) is 2.78. The molecule has 0 radical (unpaired) electrons. The molecule has 0 atom stereocenters. The van der Waals surface area contributed by atoms with Crippen LogP contribution in [0.4, 0.5) is 5.00 Å². The van der Waals surface area contributed by atoms with Gasteiger partial charge in [-0.3, -0.25) is 4.79 Å². The number of rotatable bonds is 3. The lowest BCUT2D eigenvalue weighted by atomic mass is 10.2. The first-order chi connectivity index (χ1) is 8.93. The van der Waals surface area contributed by atoms with Gasteiger partial charge in [0.05, 0.1) is 17.5 Å². The Hall–Kier alpha value is -1.67. The Morgan fingerprint density at radius 1 is 1.53 bits per heavy atom. The molecule has 2 aromatic rings. The molecule has 1 N–H and O–H groups in total. The van der Waals surface area contributed by atoms with E-state index in [-0.39, 0.29) is 11.5 Å². The van der Waals surface area contributed by atoms with Gasteiger partial charge in [0, 0.05) is 7.05 Å². The van der Waals surface area contributed by atoms with Crippen molar-refractivity contribution in [2.75, 3.05) is 11.9 Å². The summed E-state index contributed by atoms with van der Waals surface area (Å²) in [5.74, 6) is -1.47. The van der Waals surface area contributed by atoms with Crippen LogP contribution in [0.5, 0.6) is 0 Å². The molecular formula is C11H9BrN2O4S. The maximum Gasteiger partial charge on any atom is 0.340 e. The Morgan fingerprint density at radius 2 is 2.21 bits per heavy atom. The van der Waals surface area contributed by atoms with Crippen molar-refractivity contribution in [2.45, 2.75) is 6.92 Å². The molecule has 100 valence electrons. The third-order valence-corrected chi connectivity index (χ3v) is 4.15. The van der Waals surface area contributed by atoms with Crippen LogP contribution in [0.15, 0.2) is 21.4 Å². The van der Waals surface area contributed by atoms with Gasteiger partial charge in [0.15, 0.2) is 4.67 Å². The molecule has 0 aliphatic rings. The van der Waals surface area contributed by atoms with Gasteiger partial charge in [-0.25, -0.2) is 4.79 Å². The highest BCUT2D eigenvalue weighted by Gasteiger charge is 2.26. The predicted molar refractivity (Wildman–Crippen MR) is 73.0 cm³/mol. The monoisotopic (exact) mass is 344 g/mol. The summed E-state index contributed by atoms with van der Waals surface area (Å²) in [5, 5.41) is 9.45.